The highest BCUT2D eigenvalue weighted by molar-refractivity contribution is 5.42. The molecule has 3 rings (SSSR count). The van der Waals surface area contributed by atoms with Crippen LogP contribution in [0, 0.1) is 5.92 Å². The van der Waals surface area contributed by atoms with E-state index < -0.39 is 0 Å². The number of aromatic nitrogens is 3. The van der Waals surface area contributed by atoms with Crippen LogP contribution in [0.25, 0.3) is 5.52 Å². The van der Waals surface area contributed by atoms with Gasteiger partial charge < -0.3 is 9.72 Å². The molecule has 0 bridgehead atoms. The molecule has 0 aliphatic carbocycles. The SMILES string of the molecule is c1cn2c(CC3CCCNC3)ncc2cn1. The van der Waals surface area contributed by atoms with Gasteiger partial charge >= 0.3 is 0 Å². The lowest BCUT2D eigenvalue weighted by Crippen LogP contribution is -2.31. The smallest absolute Gasteiger partial charge is 0.113 e. The Morgan fingerprint density at radius 1 is 1.44 bits per heavy atom. The van der Waals surface area contributed by atoms with E-state index in [1.807, 2.05) is 24.8 Å². The molecule has 1 fully saturated rings. The number of nitrogens with zero attached hydrogens (tertiary/aromatic N) is 3. The van der Waals surface area contributed by atoms with E-state index in [4.69, 9.17) is 0 Å². The number of hydrogen-bond acceptors (Lipinski definition) is 3. The van der Waals surface area contributed by atoms with Gasteiger partial charge in [-0.25, -0.2) is 4.98 Å². The van der Waals surface area contributed by atoms with Crippen LogP contribution in [-0.2, 0) is 6.42 Å². The van der Waals surface area contributed by atoms with Crippen molar-refractivity contribution in [3.63, 3.8) is 0 Å². The van der Waals surface area contributed by atoms with E-state index in [0.29, 0.717) is 0 Å². The highest BCUT2D eigenvalue weighted by Gasteiger charge is 2.15. The molecular weight excluding hydrogens is 200 g/mol. The van der Waals surface area contributed by atoms with Crippen molar-refractivity contribution in [1.29, 1.82) is 0 Å². The summed E-state index contributed by atoms with van der Waals surface area (Å²) in [7, 11) is 0. The Hall–Kier alpha value is -1.42. The Balaban J connectivity index is 1.83. The first-order chi connectivity index (χ1) is 7.93. The summed E-state index contributed by atoms with van der Waals surface area (Å²) in [5.41, 5.74) is 1.08. The molecule has 4 heteroatoms. The Morgan fingerprint density at radius 3 is 3.31 bits per heavy atom. The zero-order chi connectivity index (χ0) is 10.8. The monoisotopic (exact) mass is 216 g/mol. The van der Waals surface area contributed by atoms with Crippen LogP contribution in [0.3, 0.4) is 0 Å². The van der Waals surface area contributed by atoms with Gasteiger partial charge in [0.1, 0.15) is 5.82 Å². The van der Waals surface area contributed by atoms with E-state index in [9.17, 15) is 0 Å². The first kappa shape index (κ1) is 9.78. The number of piperidine rings is 1. The van der Waals surface area contributed by atoms with E-state index in [0.717, 1.165) is 30.2 Å². The van der Waals surface area contributed by atoms with E-state index in [2.05, 4.69) is 19.7 Å². The van der Waals surface area contributed by atoms with Gasteiger partial charge in [-0.15, -0.1) is 0 Å². The lowest BCUT2D eigenvalue weighted by molar-refractivity contribution is 0.370. The second kappa shape index (κ2) is 4.22. The third-order valence-corrected chi connectivity index (χ3v) is 3.28. The minimum absolute atomic E-state index is 0.729. The standard InChI is InChI=1S/C12H16N4/c1-2-10(7-13-3-1)6-12-15-9-11-8-14-4-5-16(11)12/h4-5,8-10,13H,1-3,6-7H2. The first-order valence-electron chi connectivity index (χ1n) is 5.90. The summed E-state index contributed by atoms with van der Waals surface area (Å²) in [4.78, 5) is 8.58. The summed E-state index contributed by atoms with van der Waals surface area (Å²) in [6, 6.07) is 0. The van der Waals surface area contributed by atoms with Crippen molar-refractivity contribution in [2.24, 2.45) is 5.92 Å². The van der Waals surface area contributed by atoms with Crippen LogP contribution in [0.1, 0.15) is 18.7 Å². The van der Waals surface area contributed by atoms with Crippen LogP contribution in [0.2, 0.25) is 0 Å². The molecule has 0 spiro atoms. The van der Waals surface area contributed by atoms with Crippen molar-refractivity contribution in [1.82, 2.24) is 19.7 Å². The predicted octanol–water partition coefficient (Wildman–Crippen LogP) is 1.27. The molecule has 0 amide bonds. The summed E-state index contributed by atoms with van der Waals surface area (Å²) in [5, 5.41) is 3.45. The maximum absolute atomic E-state index is 4.48. The fourth-order valence-corrected chi connectivity index (χ4v) is 2.41. The fourth-order valence-electron chi connectivity index (χ4n) is 2.41. The first-order valence-corrected chi connectivity index (χ1v) is 5.90. The molecule has 84 valence electrons. The van der Waals surface area contributed by atoms with Crippen LogP contribution in [0.15, 0.2) is 24.8 Å². The maximum atomic E-state index is 4.48. The second-order valence-corrected chi connectivity index (χ2v) is 4.46. The molecule has 1 N–H and O–H groups in total. The molecule has 1 aliphatic heterocycles. The Labute approximate surface area is 94.7 Å². The number of nitrogens with one attached hydrogen (secondary N) is 1. The molecule has 2 aromatic rings. The molecule has 1 atom stereocenters. The van der Waals surface area contributed by atoms with Gasteiger partial charge in [0.2, 0.25) is 0 Å². The minimum Gasteiger partial charge on any atom is -0.316 e. The number of fused-ring (bicyclic) bond motifs is 1. The van der Waals surface area contributed by atoms with E-state index in [-0.39, 0.29) is 0 Å². The highest BCUT2D eigenvalue weighted by Crippen LogP contribution is 2.16. The number of hydrogen-bond donors (Lipinski definition) is 1. The fraction of sp³-hybridized carbons (Fsp3) is 0.500. The van der Waals surface area contributed by atoms with Gasteiger partial charge in [0, 0.05) is 18.8 Å². The Bertz CT molecular complexity index is 471. The van der Waals surface area contributed by atoms with Crippen LogP contribution < -0.4 is 5.32 Å². The van der Waals surface area contributed by atoms with Crippen LogP contribution in [0.5, 0.6) is 0 Å². The van der Waals surface area contributed by atoms with Crippen LogP contribution in [-0.4, -0.2) is 27.5 Å². The lowest BCUT2D eigenvalue weighted by Gasteiger charge is -2.21. The molecule has 16 heavy (non-hydrogen) atoms. The third kappa shape index (κ3) is 1.80. The Kier molecular flexibility index (Phi) is 2.58. The second-order valence-electron chi connectivity index (χ2n) is 4.46. The molecule has 2 aromatic heterocycles. The van der Waals surface area contributed by atoms with Gasteiger partial charge in [0.15, 0.2) is 0 Å². The van der Waals surface area contributed by atoms with Crippen molar-refractivity contribution in [2.75, 3.05) is 13.1 Å². The zero-order valence-electron chi connectivity index (χ0n) is 9.26. The summed E-state index contributed by atoms with van der Waals surface area (Å²) < 4.78 is 2.14. The Morgan fingerprint density at radius 2 is 2.44 bits per heavy atom. The average molecular weight is 216 g/mol. The van der Waals surface area contributed by atoms with Crippen molar-refractivity contribution < 1.29 is 0 Å². The minimum atomic E-state index is 0.729. The van der Waals surface area contributed by atoms with Crippen LogP contribution in [0.4, 0.5) is 0 Å². The van der Waals surface area contributed by atoms with E-state index in [1.54, 1.807) is 0 Å². The van der Waals surface area contributed by atoms with E-state index >= 15 is 0 Å². The van der Waals surface area contributed by atoms with Gasteiger partial charge in [-0.05, 0) is 31.8 Å². The van der Waals surface area contributed by atoms with Crippen LogP contribution >= 0.6 is 0 Å². The predicted molar refractivity (Wildman–Crippen MR) is 62.3 cm³/mol. The highest BCUT2D eigenvalue weighted by atomic mass is 15.0. The number of rotatable bonds is 2. The van der Waals surface area contributed by atoms with Gasteiger partial charge in [0.05, 0.1) is 17.9 Å². The number of imidazole rings is 1. The molecule has 1 aliphatic rings. The topological polar surface area (TPSA) is 42.2 Å². The molecule has 3 heterocycles. The van der Waals surface area contributed by atoms with Gasteiger partial charge in [-0.1, -0.05) is 0 Å². The lowest BCUT2D eigenvalue weighted by atomic mass is 9.96. The summed E-state index contributed by atoms with van der Waals surface area (Å²) in [6.45, 7) is 2.29. The van der Waals surface area contributed by atoms with Gasteiger partial charge in [-0.3, -0.25) is 4.98 Å². The molecule has 1 unspecified atom stereocenters. The summed E-state index contributed by atoms with van der Waals surface area (Å²) in [5.74, 6) is 1.89. The van der Waals surface area contributed by atoms with Gasteiger partial charge in [0.25, 0.3) is 0 Å². The van der Waals surface area contributed by atoms with Crippen molar-refractivity contribution in [3.05, 3.63) is 30.6 Å². The average Bonchev–Trinajstić information content (AvgIpc) is 2.74. The quantitative estimate of drug-likeness (QED) is 0.822. The molecule has 0 saturated carbocycles. The summed E-state index contributed by atoms with van der Waals surface area (Å²) in [6.07, 6.45) is 11.2. The van der Waals surface area contributed by atoms with Crippen molar-refractivity contribution in [2.45, 2.75) is 19.3 Å². The molecule has 0 aromatic carbocycles. The maximum Gasteiger partial charge on any atom is 0.113 e. The normalized spacial score (nSPS) is 21.4. The van der Waals surface area contributed by atoms with Crippen molar-refractivity contribution >= 4 is 5.52 Å². The van der Waals surface area contributed by atoms with Crippen molar-refractivity contribution in [3.8, 4) is 0 Å². The van der Waals surface area contributed by atoms with E-state index in [1.165, 1.54) is 19.4 Å². The third-order valence-electron chi connectivity index (χ3n) is 3.28. The summed E-state index contributed by atoms with van der Waals surface area (Å²) >= 11 is 0. The largest absolute Gasteiger partial charge is 0.316 e. The molecular formula is C12H16N4. The molecule has 1 saturated heterocycles. The molecule has 0 radical (unpaired) electrons. The molecule has 4 nitrogen and oxygen atoms in total. The zero-order valence-corrected chi connectivity index (χ0v) is 9.26. The van der Waals surface area contributed by atoms with Gasteiger partial charge in [-0.2, -0.15) is 0 Å².